The third kappa shape index (κ3) is 2.91. The van der Waals surface area contributed by atoms with Crippen LogP contribution in [0.2, 0.25) is 0 Å². The number of likely N-dealkylation sites (N-methyl/N-ethyl adjacent to an activating group) is 1. The molecule has 0 bridgehead atoms. The summed E-state index contributed by atoms with van der Waals surface area (Å²) >= 11 is 0. The van der Waals surface area contributed by atoms with Crippen molar-refractivity contribution in [1.29, 1.82) is 0 Å². The summed E-state index contributed by atoms with van der Waals surface area (Å²) < 4.78 is 0. The Morgan fingerprint density at radius 2 is 2.13 bits per heavy atom. The van der Waals surface area contributed by atoms with Gasteiger partial charge in [0.2, 0.25) is 5.91 Å². The van der Waals surface area contributed by atoms with E-state index >= 15 is 0 Å². The molecule has 3 heterocycles. The summed E-state index contributed by atoms with van der Waals surface area (Å²) in [4.78, 5) is 44.9. The molecule has 2 fully saturated rings. The third-order valence-electron chi connectivity index (χ3n) is 4.35. The van der Waals surface area contributed by atoms with E-state index in [4.69, 9.17) is 0 Å². The summed E-state index contributed by atoms with van der Waals surface area (Å²) in [6.07, 6.45) is 1.75. The number of carbonyl (C=O) groups excluding carboxylic acids is 3. The largest absolute Gasteiger partial charge is 0.333 e. The number of urea groups is 1. The van der Waals surface area contributed by atoms with Crippen molar-refractivity contribution in [3.8, 4) is 0 Å². The van der Waals surface area contributed by atoms with Crippen LogP contribution in [0.1, 0.15) is 30.3 Å². The highest BCUT2D eigenvalue weighted by molar-refractivity contribution is 6.04. The Morgan fingerprint density at radius 1 is 1.35 bits per heavy atom. The molecule has 7 heteroatoms. The van der Waals surface area contributed by atoms with Gasteiger partial charge in [-0.3, -0.25) is 19.5 Å². The summed E-state index contributed by atoms with van der Waals surface area (Å²) in [5.41, 5.74) is 1.78. The Bertz CT molecular complexity index is 660. The van der Waals surface area contributed by atoms with Gasteiger partial charge in [0.25, 0.3) is 5.91 Å². The smallest absolute Gasteiger partial charge is 0.327 e. The number of amides is 4. The van der Waals surface area contributed by atoms with E-state index in [0.717, 1.165) is 29.1 Å². The zero-order valence-electron chi connectivity index (χ0n) is 13.4. The maximum absolute atomic E-state index is 12.6. The van der Waals surface area contributed by atoms with Gasteiger partial charge in [-0.2, -0.15) is 0 Å². The van der Waals surface area contributed by atoms with Gasteiger partial charge in [0.1, 0.15) is 13.1 Å². The lowest BCUT2D eigenvalue weighted by Crippen LogP contribution is -2.43. The maximum Gasteiger partial charge on any atom is 0.327 e. The second kappa shape index (κ2) is 5.98. The summed E-state index contributed by atoms with van der Waals surface area (Å²) in [5, 5.41) is 0. The zero-order valence-corrected chi connectivity index (χ0v) is 13.4. The van der Waals surface area contributed by atoms with E-state index in [9.17, 15) is 14.4 Å². The van der Waals surface area contributed by atoms with Gasteiger partial charge in [0, 0.05) is 19.3 Å². The topological polar surface area (TPSA) is 73.8 Å². The van der Waals surface area contributed by atoms with Crippen molar-refractivity contribution in [3.05, 3.63) is 29.6 Å². The molecule has 23 heavy (non-hydrogen) atoms. The summed E-state index contributed by atoms with van der Waals surface area (Å²) in [6.45, 7) is 2.40. The second-order valence-electron chi connectivity index (χ2n) is 6.07. The number of hydrogen-bond acceptors (Lipinski definition) is 4. The third-order valence-corrected chi connectivity index (χ3v) is 4.35. The summed E-state index contributed by atoms with van der Waals surface area (Å²) in [6, 6.07) is 5.28. The van der Waals surface area contributed by atoms with Crippen molar-refractivity contribution in [2.45, 2.75) is 25.8 Å². The highest BCUT2D eigenvalue weighted by Gasteiger charge is 2.38. The highest BCUT2D eigenvalue weighted by Crippen LogP contribution is 2.31. The Morgan fingerprint density at radius 3 is 2.78 bits per heavy atom. The number of imide groups is 1. The van der Waals surface area contributed by atoms with Crippen LogP contribution in [-0.2, 0) is 9.59 Å². The van der Waals surface area contributed by atoms with Gasteiger partial charge in [-0.05, 0) is 31.9 Å². The van der Waals surface area contributed by atoms with Gasteiger partial charge in [0.05, 0.1) is 11.7 Å². The quantitative estimate of drug-likeness (QED) is 0.778. The van der Waals surface area contributed by atoms with Crippen LogP contribution in [0.3, 0.4) is 0 Å². The molecule has 0 saturated carbocycles. The Hall–Kier alpha value is -2.44. The summed E-state index contributed by atoms with van der Waals surface area (Å²) in [5.74, 6) is -0.525. The van der Waals surface area contributed by atoms with E-state index in [-0.39, 0.29) is 30.9 Å². The van der Waals surface area contributed by atoms with Crippen LogP contribution >= 0.6 is 0 Å². The van der Waals surface area contributed by atoms with E-state index in [1.54, 1.807) is 11.9 Å². The fourth-order valence-corrected chi connectivity index (χ4v) is 3.17. The second-order valence-corrected chi connectivity index (χ2v) is 6.07. The van der Waals surface area contributed by atoms with E-state index in [0.29, 0.717) is 6.54 Å². The van der Waals surface area contributed by atoms with Crippen molar-refractivity contribution in [2.75, 3.05) is 26.7 Å². The van der Waals surface area contributed by atoms with Crippen molar-refractivity contribution in [3.63, 3.8) is 0 Å². The molecule has 0 aliphatic carbocycles. The number of likely N-dealkylation sites (tertiary alicyclic amines) is 1. The Kier molecular flexibility index (Phi) is 4.02. The van der Waals surface area contributed by atoms with Crippen LogP contribution in [0.15, 0.2) is 18.2 Å². The van der Waals surface area contributed by atoms with Crippen LogP contribution in [0.5, 0.6) is 0 Å². The van der Waals surface area contributed by atoms with Gasteiger partial charge in [-0.1, -0.05) is 6.07 Å². The molecule has 0 spiro atoms. The monoisotopic (exact) mass is 316 g/mol. The molecular weight excluding hydrogens is 296 g/mol. The number of pyridine rings is 1. The molecule has 1 unspecified atom stereocenters. The fourth-order valence-electron chi connectivity index (χ4n) is 3.17. The molecule has 4 amide bonds. The van der Waals surface area contributed by atoms with E-state index in [1.807, 2.05) is 25.1 Å². The SMILES string of the molecule is Cc1cccc(C2CCCN2C(=O)CN2C(=O)CN(C)C2=O)n1. The molecule has 0 N–H and O–H groups in total. The molecule has 122 valence electrons. The van der Waals surface area contributed by atoms with E-state index in [1.165, 1.54) is 4.90 Å². The molecule has 0 radical (unpaired) electrons. The number of carbonyl (C=O) groups is 3. The van der Waals surface area contributed by atoms with Gasteiger partial charge >= 0.3 is 6.03 Å². The van der Waals surface area contributed by atoms with Crippen molar-refractivity contribution in [2.24, 2.45) is 0 Å². The lowest BCUT2D eigenvalue weighted by Gasteiger charge is -2.26. The minimum atomic E-state index is -0.409. The molecule has 7 nitrogen and oxygen atoms in total. The number of aromatic nitrogens is 1. The lowest BCUT2D eigenvalue weighted by molar-refractivity contribution is -0.137. The number of hydrogen-bond donors (Lipinski definition) is 0. The van der Waals surface area contributed by atoms with E-state index in [2.05, 4.69) is 4.98 Å². The van der Waals surface area contributed by atoms with Crippen LogP contribution < -0.4 is 0 Å². The van der Waals surface area contributed by atoms with Crippen molar-refractivity contribution >= 4 is 17.8 Å². The Balaban J connectivity index is 1.74. The minimum Gasteiger partial charge on any atom is -0.333 e. The van der Waals surface area contributed by atoms with Gasteiger partial charge in [-0.25, -0.2) is 4.79 Å². The molecular formula is C16H20N4O3. The van der Waals surface area contributed by atoms with Gasteiger partial charge < -0.3 is 9.80 Å². The predicted octanol–water partition coefficient (Wildman–Crippen LogP) is 0.948. The average Bonchev–Trinajstić information content (AvgIpc) is 3.08. The van der Waals surface area contributed by atoms with Crippen LogP contribution in [-0.4, -0.2) is 64.2 Å². The average molecular weight is 316 g/mol. The molecule has 0 aromatic carbocycles. The van der Waals surface area contributed by atoms with Crippen molar-refractivity contribution in [1.82, 2.24) is 19.7 Å². The first-order chi connectivity index (χ1) is 11.0. The first-order valence-corrected chi connectivity index (χ1v) is 7.76. The van der Waals surface area contributed by atoms with Crippen molar-refractivity contribution < 1.29 is 14.4 Å². The molecule has 1 aromatic rings. The lowest BCUT2D eigenvalue weighted by atomic mass is 10.1. The minimum absolute atomic E-state index is 0.0367. The highest BCUT2D eigenvalue weighted by atomic mass is 16.2. The number of rotatable bonds is 3. The van der Waals surface area contributed by atoms with Crippen LogP contribution in [0, 0.1) is 6.92 Å². The first-order valence-electron chi connectivity index (χ1n) is 7.76. The molecule has 1 atom stereocenters. The predicted molar refractivity (Wildman–Crippen MR) is 82.4 cm³/mol. The molecule has 3 rings (SSSR count). The van der Waals surface area contributed by atoms with Gasteiger partial charge in [0.15, 0.2) is 0 Å². The first kappa shape index (κ1) is 15.5. The number of aryl methyl sites for hydroxylation is 1. The zero-order chi connectivity index (χ0) is 16.6. The van der Waals surface area contributed by atoms with Crippen LogP contribution in [0.4, 0.5) is 4.79 Å². The summed E-state index contributed by atoms with van der Waals surface area (Å²) in [7, 11) is 1.56. The van der Waals surface area contributed by atoms with E-state index < -0.39 is 6.03 Å². The molecule has 2 aliphatic heterocycles. The van der Waals surface area contributed by atoms with Gasteiger partial charge in [-0.15, -0.1) is 0 Å². The number of nitrogens with zero attached hydrogens (tertiary/aromatic N) is 4. The fraction of sp³-hybridized carbons (Fsp3) is 0.500. The molecule has 1 aromatic heterocycles. The molecule has 2 aliphatic rings. The van der Waals surface area contributed by atoms with Crippen LogP contribution in [0.25, 0.3) is 0 Å². The molecule has 2 saturated heterocycles. The normalized spacial score (nSPS) is 21.5. The Labute approximate surface area is 134 Å². The maximum atomic E-state index is 12.6. The standard InChI is InChI=1S/C16H20N4O3/c1-11-5-3-6-12(17-11)13-7-4-8-19(13)15(22)10-20-14(21)9-18(2)16(20)23/h3,5-6,13H,4,7-10H2,1-2H3.